The van der Waals surface area contributed by atoms with Crippen molar-refractivity contribution < 1.29 is 24.2 Å². The predicted molar refractivity (Wildman–Crippen MR) is 89.6 cm³/mol. The lowest BCUT2D eigenvalue weighted by Crippen LogP contribution is -2.29. The first kappa shape index (κ1) is 18.1. The molecule has 24 heavy (non-hydrogen) atoms. The molecule has 1 heterocycles. The van der Waals surface area contributed by atoms with Crippen LogP contribution < -0.4 is 9.47 Å². The first-order valence-electron chi connectivity index (χ1n) is 8.30. The molecule has 0 unspecified atom stereocenters. The number of methoxy groups -OCH3 is 1. The Bertz CT molecular complexity index is 601. The molecular formula is C18H25NO5. The van der Waals surface area contributed by atoms with Crippen molar-refractivity contribution in [2.75, 3.05) is 26.8 Å². The van der Waals surface area contributed by atoms with E-state index in [2.05, 4.69) is 6.92 Å². The van der Waals surface area contributed by atoms with Gasteiger partial charge in [-0.25, -0.2) is 0 Å². The maximum absolute atomic E-state index is 12.6. The topological polar surface area (TPSA) is 76.1 Å². The molecule has 1 saturated heterocycles. The highest BCUT2D eigenvalue weighted by Crippen LogP contribution is 2.30. The van der Waals surface area contributed by atoms with E-state index in [1.165, 1.54) is 7.11 Å². The third-order valence-electron chi connectivity index (χ3n) is 4.38. The molecule has 6 nitrogen and oxygen atoms in total. The maximum Gasteiger partial charge on any atom is 0.308 e. The summed E-state index contributed by atoms with van der Waals surface area (Å²) < 4.78 is 11.0. The Labute approximate surface area is 142 Å². The number of carbonyl (C=O) groups excluding carboxylic acids is 1. The van der Waals surface area contributed by atoms with Crippen LogP contribution in [0.2, 0.25) is 0 Å². The molecule has 2 atom stereocenters. The van der Waals surface area contributed by atoms with Crippen molar-refractivity contribution in [3.8, 4) is 11.5 Å². The Hall–Kier alpha value is -2.24. The number of hydrogen-bond donors (Lipinski definition) is 1. The summed E-state index contributed by atoms with van der Waals surface area (Å²) in [5.41, 5.74) is 0.480. The molecule has 1 aliphatic rings. The highest BCUT2D eigenvalue weighted by Gasteiger charge is 2.37. The molecule has 0 bridgehead atoms. The van der Waals surface area contributed by atoms with E-state index in [9.17, 15) is 14.7 Å². The van der Waals surface area contributed by atoms with E-state index in [1.807, 2.05) is 6.92 Å². The van der Waals surface area contributed by atoms with Crippen LogP contribution in [0.15, 0.2) is 18.2 Å². The molecule has 0 aliphatic carbocycles. The lowest BCUT2D eigenvalue weighted by atomic mass is 9.99. The molecular weight excluding hydrogens is 310 g/mol. The van der Waals surface area contributed by atoms with E-state index in [0.29, 0.717) is 30.2 Å². The van der Waals surface area contributed by atoms with Gasteiger partial charge in [0.25, 0.3) is 5.91 Å². The third kappa shape index (κ3) is 3.99. The number of benzene rings is 1. The number of aliphatic carboxylic acids is 1. The van der Waals surface area contributed by atoms with E-state index in [4.69, 9.17) is 9.47 Å². The van der Waals surface area contributed by atoms with Gasteiger partial charge in [-0.3, -0.25) is 9.59 Å². The van der Waals surface area contributed by atoms with Crippen LogP contribution in [-0.4, -0.2) is 48.7 Å². The van der Waals surface area contributed by atoms with Crippen LogP contribution >= 0.6 is 0 Å². The molecule has 132 valence electrons. The van der Waals surface area contributed by atoms with E-state index in [-0.39, 0.29) is 18.4 Å². The van der Waals surface area contributed by atoms with Gasteiger partial charge < -0.3 is 19.5 Å². The average Bonchev–Trinajstić information content (AvgIpc) is 2.96. The molecule has 1 aromatic carbocycles. The minimum Gasteiger partial charge on any atom is -0.493 e. The van der Waals surface area contributed by atoms with Crippen LogP contribution in [0.3, 0.4) is 0 Å². The van der Waals surface area contributed by atoms with E-state index < -0.39 is 11.9 Å². The number of hydrogen-bond acceptors (Lipinski definition) is 4. The van der Waals surface area contributed by atoms with Gasteiger partial charge in [0.15, 0.2) is 11.5 Å². The van der Waals surface area contributed by atoms with Gasteiger partial charge in [-0.15, -0.1) is 0 Å². The van der Waals surface area contributed by atoms with Crippen molar-refractivity contribution in [3.05, 3.63) is 23.8 Å². The highest BCUT2D eigenvalue weighted by atomic mass is 16.5. The lowest BCUT2D eigenvalue weighted by molar-refractivity contribution is -0.142. The zero-order valence-electron chi connectivity index (χ0n) is 14.4. The molecule has 6 heteroatoms. The fourth-order valence-electron chi connectivity index (χ4n) is 2.88. The van der Waals surface area contributed by atoms with Gasteiger partial charge in [-0.1, -0.05) is 20.3 Å². The molecule has 0 aromatic heterocycles. The van der Waals surface area contributed by atoms with Gasteiger partial charge in [-0.2, -0.15) is 0 Å². The van der Waals surface area contributed by atoms with Gasteiger partial charge in [-0.05, 0) is 30.5 Å². The molecule has 1 fully saturated rings. The predicted octanol–water partition coefficient (Wildman–Crippen LogP) is 2.67. The summed E-state index contributed by atoms with van der Waals surface area (Å²) >= 11 is 0. The number of rotatable bonds is 7. The highest BCUT2D eigenvalue weighted by molar-refractivity contribution is 5.95. The fourth-order valence-corrected chi connectivity index (χ4v) is 2.88. The van der Waals surface area contributed by atoms with Crippen molar-refractivity contribution in [1.29, 1.82) is 0 Å². The number of carboxylic acid groups (broad SMARTS) is 1. The van der Waals surface area contributed by atoms with Crippen molar-refractivity contribution in [2.45, 2.75) is 26.7 Å². The summed E-state index contributed by atoms with van der Waals surface area (Å²) in [6, 6.07) is 5.09. The molecule has 1 amide bonds. The fraction of sp³-hybridized carbons (Fsp3) is 0.556. The number of likely N-dealkylation sites (tertiary alicyclic amines) is 1. The largest absolute Gasteiger partial charge is 0.493 e. The normalized spacial score (nSPS) is 20.0. The monoisotopic (exact) mass is 335 g/mol. The number of carbonyl (C=O) groups is 2. The van der Waals surface area contributed by atoms with Crippen LogP contribution in [0.4, 0.5) is 0 Å². The molecule has 1 aromatic rings. The van der Waals surface area contributed by atoms with Gasteiger partial charge >= 0.3 is 5.97 Å². The second-order valence-corrected chi connectivity index (χ2v) is 6.20. The van der Waals surface area contributed by atoms with Gasteiger partial charge in [0.2, 0.25) is 0 Å². The van der Waals surface area contributed by atoms with Crippen LogP contribution in [0.5, 0.6) is 11.5 Å². The van der Waals surface area contributed by atoms with E-state index in [0.717, 1.165) is 12.8 Å². The van der Waals surface area contributed by atoms with Gasteiger partial charge in [0.1, 0.15) is 0 Å². The molecule has 0 spiro atoms. The summed E-state index contributed by atoms with van der Waals surface area (Å²) in [4.78, 5) is 25.4. The average molecular weight is 335 g/mol. The number of unbranched alkanes of at least 4 members (excludes halogenated alkanes) is 1. The molecule has 1 N–H and O–H groups in total. The van der Waals surface area contributed by atoms with Crippen LogP contribution in [0, 0.1) is 11.8 Å². The SMILES string of the molecule is CCCCOc1ccc(C(=O)N2C[C@@H](C)[C@H](C(=O)O)C2)cc1OC. The summed E-state index contributed by atoms with van der Waals surface area (Å²) in [6.07, 6.45) is 1.99. The van der Waals surface area contributed by atoms with Gasteiger partial charge in [0.05, 0.1) is 19.6 Å². The first-order valence-corrected chi connectivity index (χ1v) is 8.30. The summed E-state index contributed by atoms with van der Waals surface area (Å²) in [6.45, 7) is 5.24. The Morgan fingerprint density at radius 2 is 2.04 bits per heavy atom. The summed E-state index contributed by atoms with van der Waals surface area (Å²) in [7, 11) is 1.54. The molecule has 0 radical (unpaired) electrons. The number of amides is 1. The number of ether oxygens (including phenoxy) is 2. The Balaban J connectivity index is 2.11. The van der Waals surface area contributed by atoms with Crippen molar-refractivity contribution >= 4 is 11.9 Å². The second kappa shape index (κ2) is 8.04. The number of nitrogens with zero attached hydrogens (tertiary/aromatic N) is 1. The minimum absolute atomic E-state index is 0.0509. The van der Waals surface area contributed by atoms with Gasteiger partial charge in [0, 0.05) is 18.7 Å². The van der Waals surface area contributed by atoms with E-state index in [1.54, 1.807) is 23.1 Å². The zero-order chi connectivity index (χ0) is 17.7. The Morgan fingerprint density at radius 1 is 1.29 bits per heavy atom. The summed E-state index contributed by atoms with van der Waals surface area (Å²) in [5, 5.41) is 9.20. The smallest absolute Gasteiger partial charge is 0.308 e. The summed E-state index contributed by atoms with van der Waals surface area (Å²) in [5.74, 6) is -0.462. The third-order valence-corrected chi connectivity index (χ3v) is 4.38. The van der Waals surface area contributed by atoms with Crippen molar-refractivity contribution in [1.82, 2.24) is 4.90 Å². The molecule has 1 aliphatic heterocycles. The Morgan fingerprint density at radius 3 is 2.62 bits per heavy atom. The quantitative estimate of drug-likeness (QED) is 0.775. The minimum atomic E-state index is -0.852. The van der Waals surface area contributed by atoms with Crippen molar-refractivity contribution in [3.63, 3.8) is 0 Å². The molecule has 0 saturated carbocycles. The van der Waals surface area contributed by atoms with Crippen LogP contribution in [0.1, 0.15) is 37.0 Å². The van der Waals surface area contributed by atoms with Crippen molar-refractivity contribution in [2.24, 2.45) is 11.8 Å². The van der Waals surface area contributed by atoms with Crippen LogP contribution in [0.25, 0.3) is 0 Å². The first-order chi connectivity index (χ1) is 11.5. The van der Waals surface area contributed by atoms with Crippen LogP contribution in [-0.2, 0) is 4.79 Å². The lowest BCUT2D eigenvalue weighted by Gasteiger charge is -2.17. The second-order valence-electron chi connectivity index (χ2n) is 6.20. The van der Waals surface area contributed by atoms with E-state index >= 15 is 0 Å². The molecule has 2 rings (SSSR count). The number of carboxylic acids is 1. The Kier molecular flexibility index (Phi) is 6.06. The maximum atomic E-state index is 12.6. The standard InChI is InChI=1S/C18H25NO5/c1-4-5-8-24-15-7-6-13(9-16(15)23-3)17(20)19-10-12(2)14(11-19)18(21)22/h6-7,9,12,14H,4-5,8,10-11H2,1-3H3,(H,21,22)/t12-,14-/m1/s1. The zero-order valence-corrected chi connectivity index (χ0v) is 14.4.